The lowest BCUT2D eigenvalue weighted by atomic mass is 9.67. The molecule has 5 aromatic rings. The number of hydrogen-bond donors (Lipinski definition) is 3. The minimum atomic E-state index is -0.699. The van der Waals surface area contributed by atoms with Crippen LogP contribution in [0.2, 0.25) is 0 Å². The van der Waals surface area contributed by atoms with Gasteiger partial charge in [0.05, 0.1) is 48.4 Å². The van der Waals surface area contributed by atoms with E-state index in [-0.39, 0.29) is 40.6 Å². The van der Waals surface area contributed by atoms with Crippen LogP contribution in [-0.2, 0) is 25.2 Å². The van der Waals surface area contributed by atoms with E-state index >= 15 is 0 Å². The highest BCUT2D eigenvalue weighted by atomic mass is 16.5. The van der Waals surface area contributed by atoms with Crippen molar-refractivity contribution < 1.29 is 19.1 Å². The number of anilines is 1. The minimum Gasteiger partial charge on any atom is -0.453 e. The molecule has 332 valence electrons. The average molecular weight is 853 g/mol. The fourth-order valence-electron chi connectivity index (χ4n) is 9.77. The number of rotatable bonds is 12. The third-order valence-corrected chi connectivity index (χ3v) is 13.4. The first-order valence-corrected chi connectivity index (χ1v) is 22.8. The summed E-state index contributed by atoms with van der Waals surface area (Å²) in [6.07, 6.45) is 7.23. The van der Waals surface area contributed by atoms with Crippen molar-refractivity contribution in [3.8, 4) is 22.5 Å². The molecule has 63 heavy (non-hydrogen) atoms. The first-order valence-electron chi connectivity index (χ1n) is 22.8. The van der Waals surface area contributed by atoms with E-state index in [1.807, 2.05) is 36.0 Å². The topological polar surface area (TPSA) is 140 Å². The molecule has 12 heteroatoms. The summed E-state index contributed by atoms with van der Waals surface area (Å²) in [6, 6.07) is 25.6. The molecule has 3 N–H and O–H groups in total. The van der Waals surface area contributed by atoms with Crippen molar-refractivity contribution in [3.63, 3.8) is 0 Å². The van der Waals surface area contributed by atoms with Gasteiger partial charge in [0, 0.05) is 38.3 Å². The summed E-state index contributed by atoms with van der Waals surface area (Å²) in [7, 11) is 1.31. The van der Waals surface area contributed by atoms with Gasteiger partial charge < -0.3 is 34.7 Å². The highest BCUT2D eigenvalue weighted by Crippen LogP contribution is 2.45. The zero-order chi connectivity index (χ0) is 44.6. The predicted octanol–water partition coefficient (Wildman–Crippen LogP) is 9.32. The Balaban J connectivity index is 1.09. The number of methoxy groups -OCH3 is 1. The summed E-state index contributed by atoms with van der Waals surface area (Å²) >= 11 is 0. The lowest BCUT2D eigenvalue weighted by molar-refractivity contribution is -0.135. The molecule has 3 aromatic carbocycles. The number of alkyl carbamates (subject to hydrolysis) is 1. The SMILES string of the molecule is COC(=O)N[C@H](C(=O)N1CCC[C@H]1c1ncc(-c2cccc(C3(c4cccc(-c5cnc([C@@H]6CCCN6C(=O)CC(C)C)[nH]5)c4)CN(c4ccc(C(C)(C)C)cc4)C3)c2)[nH]1)C(C)C. The number of benzene rings is 3. The molecule has 0 saturated carbocycles. The van der Waals surface area contributed by atoms with Gasteiger partial charge in [0.1, 0.15) is 17.7 Å². The van der Waals surface area contributed by atoms with Crippen molar-refractivity contribution in [1.82, 2.24) is 35.1 Å². The van der Waals surface area contributed by atoms with Crippen LogP contribution in [0.3, 0.4) is 0 Å². The number of aromatic amines is 2. The molecule has 3 atom stereocenters. The van der Waals surface area contributed by atoms with Crippen molar-refractivity contribution in [2.45, 2.75) is 110 Å². The summed E-state index contributed by atoms with van der Waals surface area (Å²) in [6.45, 7) is 17.7. The first-order chi connectivity index (χ1) is 30.1. The highest BCUT2D eigenvalue weighted by Gasteiger charge is 2.46. The third kappa shape index (κ3) is 8.86. The molecule has 3 aliphatic rings. The Morgan fingerprint density at radius 3 is 1.84 bits per heavy atom. The molecule has 0 bridgehead atoms. The summed E-state index contributed by atoms with van der Waals surface area (Å²) in [5.74, 6) is 1.85. The largest absolute Gasteiger partial charge is 0.453 e. The van der Waals surface area contributed by atoms with Crippen LogP contribution in [-0.4, -0.2) is 87.0 Å². The summed E-state index contributed by atoms with van der Waals surface area (Å²) in [5.41, 5.74) is 8.59. The van der Waals surface area contributed by atoms with Crippen LogP contribution in [0.25, 0.3) is 22.5 Å². The maximum atomic E-state index is 13.9. The van der Waals surface area contributed by atoms with Crippen molar-refractivity contribution >= 4 is 23.6 Å². The number of H-pyrrole nitrogens is 2. The predicted molar refractivity (Wildman–Crippen MR) is 247 cm³/mol. The second-order valence-electron chi connectivity index (χ2n) is 19.7. The fourth-order valence-corrected chi connectivity index (χ4v) is 9.77. The second-order valence-corrected chi connectivity index (χ2v) is 19.7. The number of likely N-dealkylation sites (tertiary alicyclic amines) is 2. The van der Waals surface area contributed by atoms with Crippen molar-refractivity contribution in [2.75, 3.05) is 38.2 Å². The zero-order valence-electron chi connectivity index (χ0n) is 38.2. The Bertz CT molecular complexity index is 2420. The Labute approximate surface area is 372 Å². The average Bonchev–Trinajstić information content (AvgIpc) is 4.09. The van der Waals surface area contributed by atoms with Crippen LogP contribution >= 0.6 is 0 Å². The van der Waals surface area contributed by atoms with E-state index in [0.29, 0.717) is 18.9 Å². The quantitative estimate of drug-likeness (QED) is 0.114. The smallest absolute Gasteiger partial charge is 0.407 e. The Kier molecular flexibility index (Phi) is 12.3. The summed E-state index contributed by atoms with van der Waals surface area (Å²) in [5, 5.41) is 2.74. The molecular formula is C51H64N8O4. The minimum absolute atomic E-state index is 0.0344. The molecule has 3 amide bonds. The number of amides is 3. The molecular weight excluding hydrogens is 789 g/mol. The van der Waals surface area contributed by atoms with E-state index in [9.17, 15) is 14.4 Å². The van der Waals surface area contributed by atoms with Gasteiger partial charge in [0.2, 0.25) is 11.8 Å². The number of carbonyl (C=O) groups is 3. The normalized spacial score (nSPS) is 19.1. The number of carbonyl (C=O) groups excluding carboxylic acids is 3. The number of ether oxygens (including phenoxy) is 1. The molecule has 3 aliphatic heterocycles. The molecule has 2 aromatic heterocycles. The molecule has 0 radical (unpaired) electrons. The monoisotopic (exact) mass is 853 g/mol. The van der Waals surface area contributed by atoms with E-state index in [2.05, 4.69) is 128 Å². The van der Waals surface area contributed by atoms with Gasteiger partial charge in [-0.25, -0.2) is 14.8 Å². The maximum Gasteiger partial charge on any atom is 0.407 e. The van der Waals surface area contributed by atoms with Gasteiger partial charge >= 0.3 is 6.09 Å². The Hall–Kier alpha value is -5.91. The molecule has 0 aliphatic carbocycles. The number of imidazole rings is 2. The number of hydrogen-bond acceptors (Lipinski definition) is 7. The first kappa shape index (κ1) is 43.7. The highest BCUT2D eigenvalue weighted by molar-refractivity contribution is 5.86. The van der Waals surface area contributed by atoms with Gasteiger partial charge in [-0.3, -0.25) is 9.59 Å². The van der Waals surface area contributed by atoms with E-state index < -0.39 is 12.1 Å². The van der Waals surface area contributed by atoms with Crippen LogP contribution in [0.4, 0.5) is 10.5 Å². The number of nitrogens with one attached hydrogen (secondary N) is 3. The van der Waals surface area contributed by atoms with Gasteiger partial charge in [-0.05, 0) is 95.0 Å². The van der Waals surface area contributed by atoms with Crippen LogP contribution in [0, 0.1) is 11.8 Å². The molecule has 5 heterocycles. The van der Waals surface area contributed by atoms with Gasteiger partial charge in [0.25, 0.3) is 0 Å². The van der Waals surface area contributed by atoms with Crippen molar-refractivity contribution in [2.24, 2.45) is 11.8 Å². The van der Waals surface area contributed by atoms with Crippen molar-refractivity contribution in [1.29, 1.82) is 0 Å². The van der Waals surface area contributed by atoms with Gasteiger partial charge in [-0.2, -0.15) is 0 Å². The van der Waals surface area contributed by atoms with E-state index in [0.717, 1.165) is 79.5 Å². The van der Waals surface area contributed by atoms with Crippen LogP contribution in [0.1, 0.15) is 121 Å². The van der Waals surface area contributed by atoms with E-state index in [4.69, 9.17) is 14.7 Å². The van der Waals surface area contributed by atoms with Crippen LogP contribution < -0.4 is 10.2 Å². The van der Waals surface area contributed by atoms with Gasteiger partial charge in [-0.1, -0.05) is 97.0 Å². The molecule has 0 spiro atoms. The summed E-state index contributed by atoms with van der Waals surface area (Å²) in [4.78, 5) is 62.4. The number of nitrogens with zero attached hydrogens (tertiary/aromatic N) is 5. The fraction of sp³-hybridized carbons (Fsp3) is 0.471. The molecule has 3 saturated heterocycles. The summed E-state index contributed by atoms with van der Waals surface area (Å²) < 4.78 is 4.83. The van der Waals surface area contributed by atoms with Crippen LogP contribution in [0.5, 0.6) is 0 Å². The standard InChI is InChI=1S/C51H64N8O4/c1-32(2)25-44(60)58-23-11-17-42(58)46-52-28-40(54-46)34-13-9-15-37(26-34)51(30-57(31-51)39-21-19-36(20-22-39)50(5,6)7)38-16-10-14-35(27-38)41-29-53-47(55-41)43-18-12-24-59(43)48(61)45(33(3)4)56-49(62)63-8/h9-10,13-16,19-22,26-29,32-33,42-43,45H,11-12,17-18,23-25,30-31H2,1-8H3,(H,52,54)(H,53,55)(H,56,62)/t42-,43-,45-/m0/s1. The Morgan fingerprint density at radius 2 is 1.33 bits per heavy atom. The molecule has 3 fully saturated rings. The third-order valence-electron chi connectivity index (χ3n) is 13.4. The van der Waals surface area contributed by atoms with Gasteiger partial charge in [0.15, 0.2) is 0 Å². The molecule has 0 unspecified atom stereocenters. The molecule has 8 rings (SSSR count). The van der Waals surface area contributed by atoms with Crippen molar-refractivity contribution in [3.05, 3.63) is 114 Å². The Morgan fingerprint density at radius 1 is 0.794 bits per heavy atom. The lowest BCUT2D eigenvalue weighted by Gasteiger charge is -2.52. The van der Waals surface area contributed by atoms with E-state index in [1.165, 1.54) is 29.5 Å². The maximum absolute atomic E-state index is 13.9. The molecule has 12 nitrogen and oxygen atoms in total. The second kappa shape index (κ2) is 17.7. The zero-order valence-corrected chi connectivity index (χ0v) is 38.2. The van der Waals surface area contributed by atoms with E-state index in [1.54, 1.807) is 0 Å². The number of aromatic nitrogens is 4. The van der Waals surface area contributed by atoms with Gasteiger partial charge in [-0.15, -0.1) is 0 Å². The lowest BCUT2D eigenvalue weighted by Crippen LogP contribution is -2.60. The van der Waals surface area contributed by atoms with Crippen LogP contribution in [0.15, 0.2) is 85.2 Å².